The molecule has 0 fully saturated rings. The first-order valence-corrected chi connectivity index (χ1v) is 6.38. The molecule has 0 saturated heterocycles. The van der Waals surface area contributed by atoms with Gasteiger partial charge in [0.05, 0.1) is 12.1 Å². The number of nitrogens with one attached hydrogen (secondary N) is 1. The molecule has 0 radical (unpaired) electrons. The van der Waals surface area contributed by atoms with Crippen molar-refractivity contribution < 1.29 is 9.90 Å². The van der Waals surface area contributed by atoms with Crippen LogP contribution in [-0.2, 0) is 4.79 Å². The van der Waals surface area contributed by atoms with E-state index in [1.165, 1.54) is 11.5 Å². The van der Waals surface area contributed by atoms with E-state index in [1.807, 2.05) is 30.3 Å². The highest BCUT2D eigenvalue weighted by molar-refractivity contribution is 7.11. The smallest absolute Gasteiger partial charge is 0.248 e. The number of aliphatic hydroxyl groups is 1. The van der Waals surface area contributed by atoms with Crippen molar-refractivity contribution in [3.8, 4) is 11.1 Å². The third-order valence-electron chi connectivity index (χ3n) is 2.57. The number of anilines is 2. The second-order valence-corrected chi connectivity index (χ2v) is 4.71. The SMILES string of the molecule is NC(=O)C(O)CNc1snc(N)c1-c1ccccc1. The molecule has 1 atom stereocenters. The van der Waals surface area contributed by atoms with Crippen molar-refractivity contribution >= 4 is 28.3 Å². The lowest BCUT2D eigenvalue weighted by Gasteiger charge is -2.09. The monoisotopic (exact) mass is 278 g/mol. The Morgan fingerprint density at radius 2 is 2.11 bits per heavy atom. The molecule has 0 aliphatic heterocycles. The quantitative estimate of drug-likeness (QED) is 0.641. The van der Waals surface area contributed by atoms with Crippen LogP contribution in [0, 0.1) is 0 Å². The van der Waals surface area contributed by atoms with E-state index in [2.05, 4.69) is 9.69 Å². The molecule has 0 aliphatic carbocycles. The maximum Gasteiger partial charge on any atom is 0.248 e. The minimum atomic E-state index is -1.24. The summed E-state index contributed by atoms with van der Waals surface area (Å²) in [5.74, 6) is -0.362. The van der Waals surface area contributed by atoms with Gasteiger partial charge in [-0.1, -0.05) is 30.3 Å². The van der Waals surface area contributed by atoms with Gasteiger partial charge in [0.1, 0.15) is 16.9 Å². The van der Waals surface area contributed by atoms with Gasteiger partial charge in [-0.05, 0) is 17.1 Å². The van der Waals surface area contributed by atoms with E-state index in [4.69, 9.17) is 11.5 Å². The van der Waals surface area contributed by atoms with E-state index in [1.54, 1.807) is 0 Å². The van der Waals surface area contributed by atoms with Crippen LogP contribution in [0.3, 0.4) is 0 Å². The van der Waals surface area contributed by atoms with Gasteiger partial charge in [0.25, 0.3) is 0 Å². The Bertz CT molecular complexity index is 570. The molecule has 0 spiro atoms. The van der Waals surface area contributed by atoms with E-state index < -0.39 is 12.0 Å². The fourth-order valence-electron chi connectivity index (χ4n) is 1.60. The van der Waals surface area contributed by atoms with Gasteiger partial charge in [-0.15, -0.1) is 0 Å². The largest absolute Gasteiger partial charge is 0.382 e. The summed E-state index contributed by atoms with van der Waals surface area (Å²) in [6.45, 7) is 0.0246. The Kier molecular flexibility index (Phi) is 3.98. The fraction of sp³-hybridized carbons (Fsp3) is 0.167. The number of carbonyl (C=O) groups is 1. The highest BCUT2D eigenvalue weighted by Gasteiger charge is 2.16. The lowest BCUT2D eigenvalue weighted by Crippen LogP contribution is -2.34. The van der Waals surface area contributed by atoms with Crippen LogP contribution in [0.25, 0.3) is 11.1 Å². The van der Waals surface area contributed by atoms with Crippen molar-refractivity contribution in [1.82, 2.24) is 4.37 Å². The molecule has 1 amide bonds. The first-order chi connectivity index (χ1) is 9.09. The molecule has 7 heteroatoms. The summed E-state index contributed by atoms with van der Waals surface area (Å²) >= 11 is 1.18. The Hall–Kier alpha value is -2.12. The van der Waals surface area contributed by atoms with Gasteiger partial charge < -0.3 is 21.9 Å². The van der Waals surface area contributed by atoms with E-state index in [0.717, 1.165) is 11.1 Å². The molecule has 1 aromatic carbocycles. The molecule has 0 bridgehead atoms. The van der Waals surface area contributed by atoms with Crippen molar-refractivity contribution in [3.63, 3.8) is 0 Å². The highest BCUT2D eigenvalue weighted by Crippen LogP contribution is 2.36. The molecule has 19 heavy (non-hydrogen) atoms. The molecule has 100 valence electrons. The van der Waals surface area contributed by atoms with Crippen LogP contribution in [0.5, 0.6) is 0 Å². The Labute approximate surface area is 114 Å². The van der Waals surface area contributed by atoms with Crippen LogP contribution in [0.1, 0.15) is 0 Å². The van der Waals surface area contributed by atoms with E-state index in [-0.39, 0.29) is 6.54 Å². The lowest BCUT2D eigenvalue weighted by molar-refractivity contribution is -0.125. The number of hydrogen-bond donors (Lipinski definition) is 4. The van der Waals surface area contributed by atoms with Crippen LogP contribution in [0.15, 0.2) is 30.3 Å². The molecule has 0 saturated carbocycles. The molecule has 1 aromatic heterocycles. The summed E-state index contributed by atoms with van der Waals surface area (Å²) in [6.07, 6.45) is -1.24. The number of aliphatic hydroxyl groups excluding tert-OH is 1. The summed E-state index contributed by atoms with van der Waals surface area (Å²) in [4.78, 5) is 10.8. The highest BCUT2D eigenvalue weighted by atomic mass is 32.1. The summed E-state index contributed by atoms with van der Waals surface area (Å²) in [6, 6.07) is 9.53. The first kappa shape index (κ1) is 13.3. The maximum absolute atomic E-state index is 10.8. The van der Waals surface area contributed by atoms with Crippen LogP contribution in [0.4, 0.5) is 10.8 Å². The van der Waals surface area contributed by atoms with Crippen molar-refractivity contribution in [2.24, 2.45) is 5.73 Å². The number of nitrogen functional groups attached to an aromatic ring is 1. The average Bonchev–Trinajstić information content (AvgIpc) is 2.78. The van der Waals surface area contributed by atoms with Gasteiger partial charge in [-0.2, -0.15) is 4.37 Å². The van der Waals surface area contributed by atoms with E-state index in [9.17, 15) is 9.90 Å². The van der Waals surface area contributed by atoms with Gasteiger partial charge in [0.2, 0.25) is 5.91 Å². The normalized spacial score (nSPS) is 12.1. The third kappa shape index (κ3) is 3.01. The maximum atomic E-state index is 10.8. The van der Waals surface area contributed by atoms with Crippen LogP contribution in [-0.4, -0.2) is 28.0 Å². The number of aromatic nitrogens is 1. The number of amides is 1. The van der Waals surface area contributed by atoms with Gasteiger partial charge >= 0.3 is 0 Å². The summed E-state index contributed by atoms with van der Waals surface area (Å²) in [7, 11) is 0. The lowest BCUT2D eigenvalue weighted by atomic mass is 10.1. The second kappa shape index (κ2) is 5.68. The standard InChI is InChI=1S/C12H14N4O2S/c13-10-9(7-4-2-1-3-5-7)12(19-16-10)15-6-8(17)11(14)18/h1-5,8,15,17H,6H2,(H2,13,16)(H2,14,18). The van der Waals surface area contributed by atoms with Gasteiger partial charge in [0, 0.05) is 0 Å². The van der Waals surface area contributed by atoms with Crippen LogP contribution < -0.4 is 16.8 Å². The number of rotatable bonds is 5. The summed E-state index contributed by atoms with van der Waals surface area (Å²) < 4.78 is 4.07. The van der Waals surface area contributed by atoms with E-state index >= 15 is 0 Å². The Morgan fingerprint density at radius 1 is 1.42 bits per heavy atom. The predicted molar refractivity (Wildman–Crippen MR) is 75.7 cm³/mol. The summed E-state index contributed by atoms with van der Waals surface area (Å²) in [5.41, 5.74) is 12.5. The van der Waals surface area contributed by atoms with Gasteiger partial charge in [-0.3, -0.25) is 4.79 Å². The number of benzene rings is 1. The minimum absolute atomic E-state index is 0.0246. The first-order valence-electron chi connectivity index (χ1n) is 5.61. The third-order valence-corrected chi connectivity index (χ3v) is 3.38. The van der Waals surface area contributed by atoms with Crippen molar-refractivity contribution in [2.75, 3.05) is 17.6 Å². The zero-order valence-corrected chi connectivity index (χ0v) is 10.9. The molecule has 1 unspecified atom stereocenters. The zero-order valence-electron chi connectivity index (χ0n) is 10.0. The fourth-order valence-corrected chi connectivity index (χ4v) is 2.34. The molecule has 6 N–H and O–H groups in total. The average molecular weight is 278 g/mol. The molecule has 1 heterocycles. The van der Waals surface area contributed by atoms with Crippen molar-refractivity contribution in [3.05, 3.63) is 30.3 Å². The topological polar surface area (TPSA) is 114 Å². The van der Waals surface area contributed by atoms with E-state index in [0.29, 0.717) is 10.8 Å². The molecule has 0 aliphatic rings. The van der Waals surface area contributed by atoms with Crippen molar-refractivity contribution in [1.29, 1.82) is 0 Å². The summed E-state index contributed by atoms with van der Waals surface area (Å²) in [5, 5.41) is 13.0. The predicted octanol–water partition coefficient (Wildman–Crippen LogP) is 0.650. The molecule has 2 aromatic rings. The second-order valence-electron chi connectivity index (χ2n) is 3.94. The number of primary amides is 1. The number of nitrogens with two attached hydrogens (primary N) is 2. The number of hydrogen-bond acceptors (Lipinski definition) is 6. The van der Waals surface area contributed by atoms with Crippen molar-refractivity contribution in [2.45, 2.75) is 6.10 Å². The van der Waals surface area contributed by atoms with Gasteiger partial charge in [0.15, 0.2) is 0 Å². The minimum Gasteiger partial charge on any atom is -0.382 e. The number of nitrogens with zero attached hydrogens (tertiary/aromatic N) is 1. The molecular formula is C12H14N4O2S. The Morgan fingerprint density at radius 3 is 2.74 bits per heavy atom. The van der Waals surface area contributed by atoms with Crippen LogP contribution in [0.2, 0.25) is 0 Å². The molecule has 6 nitrogen and oxygen atoms in total. The zero-order chi connectivity index (χ0) is 13.8. The Balaban J connectivity index is 2.21. The van der Waals surface area contributed by atoms with Gasteiger partial charge in [-0.25, -0.2) is 0 Å². The van der Waals surface area contributed by atoms with Crippen LogP contribution >= 0.6 is 11.5 Å². The number of carbonyl (C=O) groups excluding carboxylic acids is 1. The molecular weight excluding hydrogens is 264 g/mol. The molecule has 2 rings (SSSR count).